The molecule has 0 aromatic heterocycles. The predicted octanol–water partition coefficient (Wildman–Crippen LogP) is 1.56. The van der Waals surface area contributed by atoms with Crippen LogP contribution in [0.2, 0.25) is 0 Å². The van der Waals surface area contributed by atoms with Crippen molar-refractivity contribution in [2.24, 2.45) is 0 Å². The molecule has 0 atom stereocenters. The summed E-state index contributed by atoms with van der Waals surface area (Å²) in [7, 11) is -6.35. The first-order valence-electron chi connectivity index (χ1n) is 7.76. The van der Waals surface area contributed by atoms with E-state index in [0.29, 0.717) is 0 Å². The van der Waals surface area contributed by atoms with Gasteiger partial charge in [0, 0.05) is 0 Å². The van der Waals surface area contributed by atoms with Crippen LogP contribution in [0.4, 0.5) is 0 Å². The third kappa shape index (κ3) is 3.57. The van der Waals surface area contributed by atoms with E-state index in [4.69, 9.17) is 3.87 Å². The molecule has 0 saturated heterocycles. The van der Waals surface area contributed by atoms with Gasteiger partial charge >= 0.3 is 18.7 Å². The molecule has 0 unspecified atom stereocenters. The number of rotatable bonds is 6. The normalized spacial score (nSPS) is 12.0. The second-order valence-corrected chi connectivity index (χ2v) is 10.3. The van der Waals surface area contributed by atoms with Gasteiger partial charge in [-0.2, -0.15) is 8.42 Å². The van der Waals surface area contributed by atoms with Crippen molar-refractivity contribution >= 4 is 34.3 Å². The highest BCUT2D eigenvalue weighted by Gasteiger charge is 2.46. The summed E-state index contributed by atoms with van der Waals surface area (Å²) in [4.78, 5) is 0. The molecule has 0 bridgehead atoms. The van der Waals surface area contributed by atoms with Crippen LogP contribution in [-0.4, -0.2) is 23.8 Å². The molecule has 128 valence electrons. The lowest BCUT2D eigenvalue weighted by molar-refractivity contribution is 0.332. The molecule has 0 fully saturated rings. The molecule has 3 aromatic carbocycles. The van der Waals surface area contributed by atoms with E-state index in [1.165, 1.54) is 0 Å². The highest BCUT2D eigenvalue weighted by molar-refractivity contribution is 7.83. The first kappa shape index (κ1) is 17.6. The highest BCUT2D eigenvalue weighted by Crippen LogP contribution is 2.13. The van der Waals surface area contributed by atoms with E-state index in [0.717, 1.165) is 22.7 Å². The van der Waals surface area contributed by atoms with Crippen molar-refractivity contribution in [3.8, 4) is 0 Å². The minimum absolute atomic E-state index is 0.827. The molecular weight excluding hydrogens is 352 g/mol. The van der Waals surface area contributed by atoms with Gasteiger partial charge in [-0.15, -0.1) is 0 Å². The Morgan fingerprint density at radius 1 is 0.640 bits per heavy atom. The van der Waals surface area contributed by atoms with Crippen LogP contribution in [0.3, 0.4) is 0 Å². The van der Waals surface area contributed by atoms with Crippen LogP contribution in [0.5, 0.6) is 0 Å². The van der Waals surface area contributed by atoms with Gasteiger partial charge in [0.2, 0.25) is 0 Å². The van der Waals surface area contributed by atoms with Crippen LogP contribution in [0.15, 0.2) is 91.0 Å². The Kier molecular flexibility index (Phi) is 5.15. The Morgan fingerprint density at radius 3 is 1.24 bits per heavy atom. The van der Waals surface area contributed by atoms with Gasteiger partial charge in [0.15, 0.2) is 0 Å². The maximum absolute atomic E-state index is 12.3. The average molecular weight is 371 g/mol. The molecule has 0 saturated carbocycles. The van der Waals surface area contributed by atoms with Crippen LogP contribution < -0.4 is 15.6 Å². The van der Waals surface area contributed by atoms with Gasteiger partial charge in [-0.25, -0.2) is 0 Å². The van der Waals surface area contributed by atoms with Crippen molar-refractivity contribution in [3.63, 3.8) is 0 Å². The lowest BCUT2D eigenvalue weighted by Gasteiger charge is -2.31. The Labute approximate surface area is 149 Å². The summed E-state index contributed by atoms with van der Waals surface area (Å²) < 4.78 is 35.1. The molecule has 3 aromatic rings. The van der Waals surface area contributed by atoms with Crippen LogP contribution in [0.1, 0.15) is 0 Å². The first-order valence-corrected chi connectivity index (χ1v) is 11.0. The zero-order valence-corrected chi connectivity index (χ0v) is 15.5. The summed E-state index contributed by atoms with van der Waals surface area (Å²) in [6.45, 7) is 0. The molecule has 3 rings (SSSR count). The van der Waals surface area contributed by atoms with Gasteiger partial charge in [-0.05, 0) is 15.6 Å². The van der Waals surface area contributed by atoms with Crippen molar-refractivity contribution in [2.45, 2.75) is 0 Å². The van der Waals surface area contributed by atoms with E-state index in [2.05, 4.69) is 4.18 Å². The lowest BCUT2D eigenvalue weighted by atomic mass is 10.3. The lowest BCUT2D eigenvalue weighted by Crippen LogP contribution is -2.70. The summed E-state index contributed by atoms with van der Waals surface area (Å²) in [5, 5.41) is 2.48. The molecule has 6 heteroatoms. The van der Waals surface area contributed by atoms with Crippen LogP contribution in [-0.2, 0) is 18.5 Å². The minimum atomic E-state index is -4.16. The van der Waals surface area contributed by atoms with Crippen molar-refractivity contribution in [1.29, 1.82) is 0 Å². The SMILES string of the molecule is COS(=O)(=O)O[Si](c1ccccc1)(c1ccccc1)c1ccccc1. The van der Waals surface area contributed by atoms with E-state index < -0.39 is 18.7 Å². The van der Waals surface area contributed by atoms with Crippen LogP contribution in [0.25, 0.3) is 0 Å². The minimum Gasteiger partial charge on any atom is -0.277 e. The Balaban J connectivity index is 2.36. The Hall–Kier alpha value is -2.25. The van der Waals surface area contributed by atoms with E-state index in [1.807, 2.05) is 91.0 Å². The van der Waals surface area contributed by atoms with Crippen molar-refractivity contribution in [1.82, 2.24) is 0 Å². The summed E-state index contributed by atoms with van der Waals surface area (Å²) in [6, 6.07) is 28.4. The van der Waals surface area contributed by atoms with E-state index in [1.54, 1.807) is 0 Å². The molecule has 0 aliphatic rings. The molecule has 0 aliphatic carbocycles. The topological polar surface area (TPSA) is 52.6 Å². The van der Waals surface area contributed by atoms with Crippen LogP contribution in [0, 0.1) is 0 Å². The summed E-state index contributed by atoms with van der Waals surface area (Å²) in [5.41, 5.74) is 0. The largest absolute Gasteiger partial charge is 0.391 e. The number of benzene rings is 3. The summed E-state index contributed by atoms with van der Waals surface area (Å²) in [6.07, 6.45) is 0. The van der Waals surface area contributed by atoms with Crippen molar-refractivity contribution < 1.29 is 16.5 Å². The average Bonchev–Trinajstić information content (AvgIpc) is 2.68. The van der Waals surface area contributed by atoms with Gasteiger partial charge in [-0.1, -0.05) is 91.0 Å². The second kappa shape index (κ2) is 7.33. The zero-order chi connectivity index (χ0) is 17.8. The first-order chi connectivity index (χ1) is 12.1. The third-order valence-electron chi connectivity index (χ3n) is 3.97. The number of hydrogen-bond donors (Lipinski definition) is 0. The Bertz CT molecular complexity index is 817. The standard InChI is InChI=1S/C19H18O4SSi/c1-22-24(20,21)23-25(17-11-5-2-6-12-17,18-13-7-3-8-14-18)19-15-9-4-10-16-19/h2-16H,1H3. The molecule has 0 N–H and O–H groups in total. The molecule has 0 spiro atoms. The molecule has 0 amide bonds. The molecule has 0 heterocycles. The van der Waals surface area contributed by atoms with Gasteiger partial charge in [0.1, 0.15) is 0 Å². The second-order valence-electron chi connectivity index (χ2n) is 5.44. The van der Waals surface area contributed by atoms with E-state index in [-0.39, 0.29) is 0 Å². The van der Waals surface area contributed by atoms with Crippen molar-refractivity contribution in [2.75, 3.05) is 7.11 Å². The quantitative estimate of drug-likeness (QED) is 0.488. The maximum atomic E-state index is 12.3. The fourth-order valence-corrected chi connectivity index (χ4v) is 8.49. The highest BCUT2D eigenvalue weighted by atomic mass is 32.3. The fraction of sp³-hybridized carbons (Fsp3) is 0.0526. The molecule has 0 radical (unpaired) electrons. The molecule has 4 nitrogen and oxygen atoms in total. The smallest absolute Gasteiger partial charge is 0.277 e. The third-order valence-corrected chi connectivity index (χ3v) is 9.64. The molecule has 25 heavy (non-hydrogen) atoms. The van der Waals surface area contributed by atoms with Gasteiger partial charge in [0.25, 0.3) is 0 Å². The van der Waals surface area contributed by atoms with E-state index >= 15 is 0 Å². The Morgan fingerprint density at radius 2 is 0.960 bits per heavy atom. The van der Waals surface area contributed by atoms with Crippen molar-refractivity contribution in [3.05, 3.63) is 91.0 Å². The van der Waals surface area contributed by atoms with Gasteiger partial charge in [0.05, 0.1) is 7.11 Å². The monoisotopic (exact) mass is 370 g/mol. The fourth-order valence-electron chi connectivity index (χ4n) is 2.85. The predicted molar refractivity (Wildman–Crippen MR) is 101 cm³/mol. The summed E-state index contributed by atoms with van der Waals surface area (Å²) in [5.74, 6) is 0. The zero-order valence-electron chi connectivity index (χ0n) is 13.7. The van der Waals surface area contributed by atoms with Crippen LogP contribution >= 0.6 is 0 Å². The summed E-state index contributed by atoms with van der Waals surface area (Å²) >= 11 is 0. The van der Waals surface area contributed by atoms with E-state index in [9.17, 15) is 8.42 Å². The number of hydrogen-bond acceptors (Lipinski definition) is 4. The van der Waals surface area contributed by atoms with Gasteiger partial charge < -0.3 is 0 Å². The van der Waals surface area contributed by atoms with Gasteiger partial charge in [-0.3, -0.25) is 8.06 Å². The maximum Gasteiger partial charge on any atom is 0.391 e. The molecular formula is C19H18O4SSi. The molecule has 0 aliphatic heterocycles.